The topological polar surface area (TPSA) is 81.2 Å². The normalized spacial score (nSPS) is 24.4. The average molecular weight is 384 g/mol. The Labute approximate surface area is 163 Å². The van der Waals surface area contributed by atoms with Crippen LogP contribution in [-0.2, 0) is 19.0 Å². The molecule has 1 aliphatic heterocycles. The molecule has 0 atom stereocenters. The predicted octanol–water partition coefficient (Wildman–Crippen LogP) is 2.25. The summed E-state index contributed by atoms with van der Waals surface area (Å²) in [5, 5.41) is 6.83. The van der Waals surface area contributed by atoms with E-state index in [4.69, 9.17) is 14.2 Å². The van der Waals surface area contributed by atoms with E-state index >= 15 is 0 Å². The van der Waals surface area contributed by atoms with Crippen LogP contribution in [0.2, 0.25) is 0 Å². The Kier molecular flexibility index (Phi) is 10.5. The number of aliphatic imine (C=N–C) groups is 1. The van der Waals surface area contributed by atoms with Gasteiger partial charge in [0, 0.05) is 39.0 Å². The summed E-state index contributed by atoms with van der Waals surface area (Å²) < 4.78 is 16.4. The molecule has 0 aromatic carbocycles. The van der Waals surface area contributed by atoms with Gasteiger partial charge in [-0.3, -0.25) is 9.79 Å². The van der Waals surface area contributed by atoms with E-state index in [1.54, 1.807) is 0 Å². The predicted molar refractivity (Wildman–Crippen MR) is 106 cm³/mol. The Hall–Kier alpha value is -1.34. The fraction of sp³-hybridized carbons (Fsp3) is 0.900. The first-order valence-corrected chi connectivity index (χ1v) is 10.6. The fourth-order valence-electron chi connectivity index (χ4n) is 3.59. The molecule has 0 amide bonds. The molecule has 27 heavy (non-hydrogen) atoms. The van der Waals surface area contributed by atoms with Crippen LogP contribution < -0.4 is 10.6 Å². The lowest BCUT2D eigenvalue weighted by Gasteiger charge is -2.29. The van der Waals surface area contributed by atoms with Gasteiger partial charge >= 0.3 is 5.97 Å². The third kappa shape index (κ3) is 8.47. The van der Waals surface area contributed by atoms with E-state index in [1.807, 2.05) is 6.92 Å². The number of hydrogen-bond acceptors (Lipinski definition) is 5. The molecule has 1 heterocycles. The molecule has 0 aromatic heterocycles. The zero-order valence-corrected chi connectivity index (χ0v) is 17.0. The molecule has 1 saturated carbocycles. The number of hydrogen-bond donors (Lipinski definition) is 2. The van der Waals surface area contributed by atoms with Gasteiger partial charge in [0.1, 0.15) is 0 Å². The summed E-state index contributed by atoms with van der Waals surface area (Å²) in [4.78, 5) is 16.5. The second-order valence-corrected chi connectivity index (χ2v) is 7.24. The van der Waals surface area contributed by atoms with Crippen molar-refractivity contribution in [2.24, 2.45) is 10.9 Å². The maximum atomic E-state index is 11.8. The number of nitrogens with zero attached hydrogens (tertiary/aromatic N) is 1. The van der Waals surface area contributed by atoms with Crippen molar-refractivity contribution in [1.29, 1.82) is 0 Å². The first-order chi connectivity index (χ1) is 13.2. The van der Waals surface area contributed by atoms with Crippen LogP contribution in [0.1, 0.15) is 58.8 Å². The minimum atomic E-state index is -0.0407. The number of ether oxygens (including phenoxy) is 3. The molecule has 0 unspecified atom stereocenters. The van der Waals surface area contributed by atoms with Crippen LogP contribution >= 0.6 is 0 Å². The highest BCUT2D eigenvalue weighted by molar-refractivity contribution is 5.80. The van der Waals surface area contributed by atoms with Gasteiger partial charge in [-0.25, -0.2) is 0 Å². The number of carbonyl (C=O) groups is 1. The van der Waals surface area contributed by atoms with Crippen molar-refractivity contribution >= 4 is 11.9 Å². The van der Waals surface area contributed by atoms with Crippen LogP contribution in [0.5, 0.6) is 0 Å². The van der Waals surface area contributed by atoms with Crippen molar-refractivity contribution in [1.82, 2.24) is 10.6 Å². The maximum absolute atomic E-state index is 11.8. The van der Waals surface area contributed by atoms with Gasteiger partial charge in [-0.2, -0.15) is 0 Å². The lowest BCUT2D eigenvalue weighted by molar-refractivity contribution is -0.149. The van der Waals surface area contributed by atoms with Crippen molar-refractivity contribution < 1.29 is 19.0 Å². The highest BCUT2D eigenvalue weighted by Crippen LogP contribution is 2.25. The molecular formula is C20H37N3O4. The van der Waals surface area contributed by atoms with Crippen LogP contribution in [0.15, 0.2) is 4.99 Å². The number of esters is 1. The zero-order valence-electron chi connectivity index (χ0n) is 17.0. The van der Waals surface area contributed by atoms with Gasteiger partial charge < -0.3 is 24.8 Å². The van der Waals surface area contributed by atoms with Crippen molar-refractivity contribution in [3.63, 3.8) is 0 Å². The standard InChI is InChI=1S/C20H37N3O4/c1-3-21-20(22-12-5-13-27-18-10-14-25-15-11-18)23-17-8-6-16(7-9-17)19(24)26-4-2/h16-18H,3-15H2,1-2H3,(H2,21,22,23). The van der Waals surface area contributed by atoms with Crippen molar-refractivity contribution in [3.05, 3.63) is 0 Å². The molecule has 7 heteroatoms. The Morgan fingerprint density at radius 3 is 2.52 bits per heavy atom. The summed E-state index contributed by atoms with van der Waals surface area (Å²) in [5.41, 5.74) is 0. The van der Waals surface area contributed by atoms with E-state index in [1.165, 1.54) is 0 Å². The molecule has 0 spiro atoms. The first-order valence-electron chi connectivity index (χ1n) is 10.6. The van der Waals surface area contributed by atoms with Crippen LogP contribution in [0.25, 0.3) is 0 Å². The first kappa shape index (κ1) is 22.0. The number of nitrogens with one attached hydrogen (secondary N) is 2. The lowest BCUT2D eigenvalue weighted by Crippen LogP contribution is -2.45. The smallest absolute Gasteiger partial charge is 0.308 e. The third-order valence-electron chi connectivity index (χ3n) is 5.13. The van der Waals surface area contributed by atoms with Gasteiger partial charge in [-0.05, 0) is 58.8 Å². The van der Waals surface area contributed by atoms with Crippen molar-refractivity contribution in [3.8, 4) is 0 Å². The summed E-state index contributed by atoms with van der Waals surface area (Å²) >= 11 is 0. The van der Waals surface area contributed by atoms with Gasteiger partial charge in [0.25, 0.3) is 0 Å². The van der Waals surface area contributed by atoms with Crippen molar-refractivity contribution in [2.45, 2.75) is 70.9 Å². The molecule has 2 N–H and O–H groups in total. The molecule has 0 radical (unpaired) electrons. The van der Waals surface area contributed by atoms with Gasteiger partial charge in [0.05, 0.1) is 18.6 Å². The summed E-state index contributed by atoms with van der Waals surface area (Å²) in [6.45, 7) is 8.36. The molecule has 1 saturated heterocycles. The molecule has 2 fully saturated rings. The van der Waals surface area contributed by atoms with Crippen LogP contribution in [0, 0.1) is 5.92 Å². The molecule has 0 aromatic rings. The molecule has 7 nitrogen and oxygen atoms in total. The third-order valence-corrected chi connectivity index (χ3v) is 5.13. The van der Waals surface area contributed by atoms with Gasteiger partial charge in [0.2, 0.25) is 0 Å². The van der Waals surface area contributed by atoms with Crippen LogP contribution in [-0.4, -0.2) is 63.6 Å². The van der Waals surface area contributed by atoms with E-state index in [0.717, 1.165) is 83.8 Å². The summed E-state index contributed by atoms with van der Waals surface area (Å²) in [5.74, 6) is 0.883. The highest BCUT2D eigenvalue weighted by Gasteiger charge is 2.27. The SMILES string of the molecule is CCNC(=NCCCOC1CCOCC1)NC1CCC(C(=O)OCC)CC1. The molecular weight excluding hydrogens is 346 g/mol. The number of rotatable bonds is 9. The molecule has 2 aliphatic rings. The Morgan fingerprint density at radius 1 is 1.11 bits per heavy atom. The minimum Gasteiger partial charge on any atom is -0.466 e. The Balaban J connectivity index is 1.65. The average Bonchev–Trinajstić information content (AvgIpc) is 2.69. The lowest BCUT2D eigenvalue weighted by atomic mass is 9.86. The van der Waals surface area contributed by atoms with E-state index in [0.29, 0.717) is 18.8 Å². The largest absolute Gasteiger partial charge is 0.466 e. The van der Waals surface area contributed by atoms with E-state index in [9.17, 15) is 4.79 Å². The minimum absolute atomic E-state index is 0.0407. The highest BCUT2D eigenvalue weighted by atomic mass is 16.5. The van der Waals surface area contributed by atoms with Crippen molar-refractivity contribution in [2.75, 3.05) is 39.5 Å². The number of guanidine groups is 1. The second kappa shape index (κ2) is 12.9. The quantitative estimate of drug-likeness (QED) is 0.275. The Morgan fingerprint density at radius 2 is 1.85 bits per heavy atom. The van der Waals surface area contributed by atoms with E-state index in [-0.39, 0.29) is 11.9 Å². The zero-order chi connectivity index (χ0) is 19.3. The molecule has 2 rings (SSSR count). The van der Waals surface area contributed by atoms with Gasteiger partial charge in [0.15, 0.2) is 5.96 Å². The molecule has 156 valence electrons. The Bertz CT molecular complexity index is 445. The monoisotopic (exact) mass is 383 g/mol. The summed E-state index contributed by atoms with van der Waals surface area (Å²) in [7, 11) is 0. The van der Waals surface area contributed by atoms with E-state index in [2.05, 4.69) is 22.5 Å². The van der Waals surface area contributed by atoms with Crippen LogP contribution in [0.4, 0.5) is 0 Å². The van der Waals surface area contributed by atoms with E-state index < -0.39 is 0 Å². The molecule has 1 aliphatic carbocycles. The maximum Gasteiger partial charge on any atom is 0.308 e. The fourth-order valence-corrected chi connectivity index (χ4v) is 3.59. The van der Waals surface area contributed by atoms with Gasteiger partial charge in [-0.1, -0.05) is 0 Å². The summed E-state index contributed by atoms with van der Waals surface area (Å²) in [6.07, 6.45) is 6.99. The second-order valence-electron chi connectivity index (χ2n) is 7.24. The van der Waals surface area contributed by atoms with Crippen LogP contribution in [0.3, 0.4) is 0 Å². The summed E-state index contributed by atoms with van der Waals surface area (Å²) in [6, 6.07) is 0.368. The van der Waals surface area contributed by atoms with Gasteiger partial charge in [-0.15, -0.1) is 0 Å². The number of carbonyl (C=O) groups excluding carboxylic acids is 1. The molecule has 0 bridgehead atoms.